The third kappa shape index (κ3) is 3.40. The molecule has 2 rings (SSSR count). The third-order valence-electron chi connectivity index (χ3n) is 2.88. The maximum atomic E-state index is 12.9. The number of nitrogens with one attached hydrogen (secondary N) is 1. The molecule has 1 aromatic heterocycles. The summed E-state index contributed by atoms with van der Waals surface area (Å²) < 4.78 is 12.9. The number of carbonyl (C=O) groups excluding carboxylic acids is 1. The lowest BCUT2D eigenvalue weighted by atomic mass is 10.2. The van der Waals surface area contributed by atoms with Gasteiger partial charge in [0.25, 0.3) is 5.91 Å². The molecule has 0 aliphatic rings. The van der Waals surface area contributed by atoms with Gasteiger partial charge in [0.1, 0.15) is 16.5 Å². The molecule has 0 aliphatic heterocycles. The van der Waals surface area contributed by atoms with Crippen molar-refractivity contribution in [1.29, 1.82) is 0 Å². The second-order valence-electron chi connectivity index (χ2n) is 4.31. The summed E-state index contributed by atoms with van der Waals surface area (Å²) in [7, 11) is 0. The largest absolute Gasteiger partial charge is 0.394 e. The number of benzene rings is 1. The number of hydrogen-bond acceptors (Lipinski definition) is 4. The summed E-state index contributed by atoms with van der Waals surface area (Å²) in [6, 6.07) is 5.69. The van der Waals surface area contributed by atoms with Crippen molar-refractivity contribution in [3.8, 4) is 10.6 Å². The number of aliphatic hydroxyl groups is 1. The summed E-state index contributed by atoms with van der Waals surface area (Å²) in [5.41, 5.74) is 1.07. The molecular weight excluding hydrogens is 279 g/mol. The van der Waals surface area contributed by atoms with Gasteiger partial charge in [-0.3, -0.25) is 4.79 Å². The first-order chi connectivity index (χ1) is 9.63. The topological polar surface area (TPSA) is 62.2 Å². The number of hydrogen-bond donors (Lipinski definition) is 2. The smallest absolute Gasteiger partial charge is 0.271 e. The molecule has 0 fully saturated rings. The Morgan fingerprint density at radius 2 is 2.15 bits per heavy atom. The van der Waals surface area contributed by atoms with E-state index in [1.54, 1.807) is 17.5 Å². The van der Waals surface area contributed by atoms with Gasteiger partial charge in [-0.2, -0.15) is 0 Å². The second kappa shape index (κ2) is 6.58. The molecule has 20 heavy (non-hydrogen) atoms. The van der Waals surface area contributed by atoms with Crippen LogP contribution in [0.15, 0.2) is 29.6 Å². The fraction of sp³-hybridized carbons (Fsp3) is 0.286. The van der Waals surface area contributed by atoms with Crippen molar-refractivity contribution in [2.45, 2.75) is 19.4 Å². The fourth-order valence-corrected chi connectivity index (χ4v) is 2.45. The highest BCUT2D eigenvalue weighted by Gasteiger charge is 2.15. The average molecular weight is 294 g/mol. The minimum absolute atomic E-state index is 0.100. The van der Waals surface area contributed by atoms with Crippen molar-refractivity contribution in [2.75, 3.05) is 6.61 Å². The van der Waals surface area contributed by atoms with E-state index in [0.29, 0.717) is 17.1 Å². The highest BCUT2D eigenvalue weighted by atomic mass is 32.1. The van der Waals surface area contributed by atoms with Crippen LogP contribution in [0.5, 0.6) is 0 Å². The van der Waals surface area contributed by atoms with Crippen LogP contribution >= 0.6 is 11.3 Å². The molecule has 1 unspecified atom stereocenters. The fourth-order valence-electron chi connectivity index (χ4n) is 1.64. The summed E-state index contributed by atoms with van der Waals surface area (Å²) in [4.78, 5) is 16.2. The van der Waals surface area contributed by atoms with Crippen molar-refractivity contribution in [2.24, 2.45) is 0 Å². The molecule has 2 N–H and O–H groups in total. The van der Waals surface area contributed by atoms with Crippen molar-refractivity contribution in [3.05, 3.63) is 41.2 Å². The average Bonchev–Trinajstić information content (AvgIpc) is 2.95. The highest BCUT2D eigenvalue weighted by Crippen LogP contribution is 2.23. The summed E-state index contributed by atoms with van der Waals surface area (Å²) >= 11 is 1.32. The number of thiazole rings is 1. The van der Waals surface area contributed by atoms with Crippen molar-refractivity contribution < 1.29 is 14.3 Å². The third-order valence-corrected chi connectivity index (χ3v) is 3.77. The number of carbonyl (C=O) groups is 1. The van der Waals surface area contributed by atoms with E-state index in [4.69, 9.17) is 5.11 Å². The van der Waals surface area contributed by atoms with Crippen LogP contribution in [0, 0.1) is 5.82 Å². The number of rotatable bonds is 5. The zero-order valence-electron chi connectivity index (χ0n) is 11.0. The molecule has 1 heterocycles. The molecule has 0 spiro atoms. The number of nitrogens with zero attached hydrogens (tertiary/aromatic N) is 1. The van der Waals surface area contributed by atoms with Crippen molar-refractivity contribution in [3.63, 3.8) is 0 Å². The van der Waals surface area contributed by atoms with Crippen LogP contribution in [-0.4, -0.2) is 28.6 Å². The van der Waals surface area contributed by atoms with Gasteiger partial charge in [-0.25, -0.2) is 9.37 Å². The van der Waals surface area contributed by atoms with Crippen LogP contribution in [0.3, 0.4) is 0 Å². The lowest BCUT2D eigenvalue weighted by Gasteiger charge is -2.12. The molecular formula is C14H15FN2O2S. The molecule has 0 saturated heterocycles. The number of amides is 1. The van der Waals surface area contributed by atoms with Crippen molar-refractivity contribution >= 4 is 17.2 Å². The van der Waals surface area contributed by atoms with Crippen LogP contribution in [-0.2, 0) is 0 Å². The molecule has 1 aromatic carbocycles. The zero-order chi connectivity index (χ0) is 14.5. The quantitative estimate of drug-likeness (QED) is 0.890. The van der Waals surface area contributed by atoms with Gasteiger partial charge < -0.3 is 10.4 Å². The Balaban J connectivity index is 2.12. The van der Waals surface area contributed by atoms with E-state index in [-0.39, 0.29) is 24.4 Å². The number of halogens is 1. The Hall–Kier alpha value is -1.79. The summed E-state index contributed by atoms with van der Waals surface area (Å²) in [5, 5.41) is 14.1. The number of aromatic nitrogens is 1. The van der Waals surface area contributed by atoms with E-state index in [0.717, 1.165) is 5.56 Å². The molecule has 1 amide bonds. The zero-order valence-corrected chi connectivity index (χ0v) is 11.8. The van der Waals surface area contributed by atoms with Crippen LogP contribution in [0.25, 0.3) is 10.6 Å². The van der Waals surface area contributed by atoms with Gasteiger partial charge in [-0.1, -0.05) is 6.92 Å². The van der Waals surface area contributed by atoms with Crippen LogP contribution < -0.4 is 5.32 Å². The summed E-state index contributed by atoms with van der Waals surface area (Å²) in [6.07, 6.45) is 0.650. The standard InChI is InChI=1S/C14H15FN2O2S/c1-2-11(7-18)16-13(19)12-8-20-14(17-12)9-3-5-10(15)6-4-9/h3-6,8,11,18H,2,7H2,1H3,(H,16,19). The Bertz CT molecular complexity index is 579. The monoisotopic (exact) mass is 294 g/mol. The normalized spacial score (nSPS) is 12.2. The minimum Gasteiger partial charge on any atom is -0.394 e. The molecule has 0 saturated carbocycles. The Kier molecular flexibility index (Phi) is 4.81. The number of aliphatic hydroxyl groups excluding tert-OH is 1. The Labute approximate surface area is 120 Å². The van der Waals surface area contributed by atoms with Gasteiger partial charge in [0.2, 0.25) is 0 Å². The predicted octanol–water partition coefficient (Wildman–Crippen LogP) is 2.45. The molecule has 0 bridgehead atoms. The van der Waals surface area contributed by atoms with E-state index < -0.39 is 0 Å². The lowest BCUT2D eigenvalue weighted by molar-refractivity contribution is 0.0910. The second-order valence-corrected chi connectivity index (χ2v) is 5.16. The molecule has 4 nitrogen and oxygen atoms in total. The van der Waals surface area contributed by atoms with Gasteiger partial charge in [-0.15, -0.1) is 11.3 Å². The first-order valence-electron chi connectivity index (χ1n) is 6.27. The lowest BCUT2D eigenvalue weighted by Crippen LogP contribution is -2.37. The van der Waals surface area contributed by atoms with Gasteiger partial charge in [0, 0.05) is 10.9 Å². The maximum Gasteiger partial charge on any atom is 0.271 e. The molecule has 6 heteroatoms. The molecule has 106 valence electrons. The van der Waals surface area contributed by atoms with E-state index >= 15 is 0 Å². The SMILES string of the molecule is CCC(CO)NC(=O)c1csc(-c2ccc(F)cc2)n1. The summed E-state index contributed by atoms with van der Waals surface area (Å²) in [6.45, 7) is 1.78. The minimum atomic E-state index is -0.310. The highest BCUT2D eigenvalue weighted by molar-refractivity contribution is 7.13. The Morgan fingerprint density at radius 1 is 1.45 bits per heavy atom. The van der Waals surface area contributed by atoms with E-state index in [1.165, 1.54) is 23.5 Å². The predicted molar refractivity (Wildman–Crippen MR) is 76.1 cm³/mol. The first kappa shape index (κ1) is 14.6. The molecule has 0 radical (unpaired) electrons. The molecule has 0 aliphatic carbocycles. The van der Waals surface area contributed by atoms with E-state index in [9.17, 15) is 9.18 Å². The van der Waals surface area contributed by atoms with Gasteiger partial charge in [0.05, 0.1) is 12.6 Å². The van der Waals surface area contributed by atoms with Crippen LogP contribution in [0.2, 0.25) is 0 Å². The first-order valence-corrected chi connectivity index (χ1v) is 7.15. The van der Waals surface area contributed by atoms with Gasteiger partial charge in [-0.05, 0) is 30.7 Å². The van der Waals surface area contributed by atoms with Gasteiger partial charge in [0.15, 0.2) is 0 Å². The summed E-state index contributed by atoms with van der Waals surface area (Å²) in [5.74, 6) is -0.618. The Morgan fingerprint density at radius 3 is 2.75 bits per heavy atom. The molecule has 1 atom stereocenters. The van der Waals surface area contributed by atoms with E-state index in [1.807, 2.05) is 6.92 Å². The molecule has 2 aromatic rings. The maximum absolute atomic E-state index is 12.9. The van der Waals surface area contributed by atoms with Gasteiger partial charge >= 0.3 is 0 Å². The van der Waals surface area contributed by atoms with Crippen LogP contribution in [0.4, 0.5) is 4.39 Å². The van der Waals surface area contributed by atoms with Crippen LogP contribution in [0.1, 0.15) is 23.8 Å². The van der Waals surface area contributed by atoms with Crippen molar-refractivity contribution in [1.82, 2.24) is 10.3 Å². The van der Waals surface area contributed by atoms with E-state index in [2.05, 4.69) is 10.3 Å².